The molecule has 23 heavy (non-hydrogen) atoms. The van der Waals surface area contributed by atoms with E-state index in [4.69, 9.17) is 4.74 Å². The highest BCUT2D eigenvalue weighted by Crippen LogP contribution is 2.30. The molecule has 1 aliphatic rings. The van der Waals surface area contributed by atoms with Gasteiger partial charge in [0.15, 0.2) is 0 Å². The number of rotatable bonds is 11. The van der Waals surface area contributed by atoms with E-state index in [1.54, 1.807) is 0 Å². The van der Waals surface area contributed by atoms with Crippen LogP contribution in [0.5, 0.6) is 0 Å². The Kier molecular flexibility index (Phi) is 9.57. The lowest BCUT2D eigenvalue weighted by Gasteiger charge is -2.38. The van der Waals surface area contributed by atoms with Gasteiger partial charge in [-0.2, -0.15) is 0 Å². The van der Waals surface area contributed by atoms with Crippen LogP contribution < -0.4 is 5.32 Å². The Bertz CT molecular complexity index is 376. The number of hydrogen-bond acceptors (Lipinski definition) is 3. The van der Waals surface area contributed by atoms with Crippen molar-refractivity contribution in [3.05, 3.63) is 23.9 Å². The second-order valence-corrected chi connectivity index (χ2v) is 7.18. The average molecular weight is 323 g/mol. The van der Waals surface area contributed by atoms with Crippen LogP contribution in [0.4, 0.5) is 0 Å². The van der Waals surface area contributed by atoms with Gasteiger partial charge >= 0.3 is 0 Å². The second-order valence-electron chi connectivity index (χ2n) is 7.18. The first kappa shape index (κ1) is 20.2. The van der Waals surface area contributed by atoms with Crippen LogP contribution in [0, 0.1) is 11.8 Å². The molecule has 3 nitrogen and oxygen atoms in total. The largest absolute Gasteiger partial charge is 0.380 e. The van der Waals surface area contributed by atoms with E-state index >= 15 is 0 Å². The quantitative estimate of drug-likeness (QED) is 0.577. The third-order valence-corrected chi connectivity index (χ3v) is 4.74. The summed E-state index contributed by atoms with van der Waals surface area (Å²) in [6, 6.07) is 1.06. The minimum absolute atomic E-state index is 0.528. The maximum Gasteiger partial charge on any atom is 0.0591 e. The summed E-state index contributed by atoms with van der Waals surface area (Å²) in [5.41, 5.74) is 1.50. The molecule has 0 saturated carbocycles. The van der Waals surface area contributed by atoms with Crippen molar-refractivity contribution >= 4 is 0 Å². The fourth-order valence-corrected chi connectivity index (χ4v) is 3.05. The summed E-state index contributed by atoms with van der Waals surface area (Å²) in [5, 5.41) is 3.39. The molecule has 0 bridgehead atoms. The van der Waals surface area contributed by atoms with Crippen LogP contribution in [0.3, 0.4) is 0 Å². The Morgan fingerprint density at radius 2 is 1.96 bits per heavy atom. The van der Waals surface area contributed by atoms with Crippen molar-refractivity contribution in [1.29, 1.82) is 0 Å². The van der Waals surface area contributed by atoms with Crippen LogP contribution in [0.1, 0.15) is 54.4 Å². The zero-order valence-corrected chi connectivity index (χ0v) is 16.1. The number of nitrogens with zero attached hydrogens (tertiary/aromatic N) is 1. The van der Waals surface area contributed by atoms with Crippen LogP contribution in [0.25, 0.3) is 0 Å². The van der Waals surface area contributed by atoms with Crippen molar-refractivity contribution in [1.82, 2.24) is 10.2 Å². The highest BCUT2D eigenvalue weighted by atomic mass is 16.5. The highest BCUT2D eigenvalue weighted by Gasteiger charge is 2.24. The summed E-state index contributed by atoms with van der Waals surface area (Å²) in [6.07, 6.45) is 9.12. The van der Waals surface area contributed by atoms with E-state index in [9.17, 15) is 0 Å². The van der Waals surface area contributed by atoms with Gasteiger partial charge in [-0.05, 0) is 31.8 Å². The SMILES string of the molecule is CCCN(C1=CC=CC(C)C1C)C(C)CCOCCNC(C)C. The topological polar surface area (TPSA) is 24.5 Å². The average Bonchev–Trinajstić information content (AvgIpc) is 2.51. The molecule has 1 rings (SSSR count). The summed E-state index contributed by atoms with van der Waals surface area (Å²) in [7, 11) is 0. The lowest BCUT2D eigenvalue weighted by atomic mass is 9.87. The first-order valence-corrected chi connectivity index (χ1v) is 9.43. The van der Waals surface area contributed by atoms with Crippen LogP contribution in [0.2, 0.25) is 0 Å². The minimum Gasteiger partial charge on any atom is -0.380 e. The van der Waals surface area contributed by atoms with Gasteiger partial charge in [-0.25, -0.2) is 0 Å². The number of hydrogen-bond donors (Lipinski definition) is 1. The summed E-state index contributed by atoms with van der Waals surface area (Å²) >= 11 is 0. The van der Waals surface area contributed by atoms with Gasteiger partial charge in [0, 0.05) is 43.4 Å². The van der Waals surface area contributed by atoms with E-state index in [0.717, 1.165) is 32.7 Å². The molecule has 0 aromatic carbocycles. The molecule has 0 saturated heterocycles. The first-order valence-electron chi connectivity index (χ1n) is 9.43. The number of nitrogens with one attached hydrogen (secondary N) is 1. The number of allylic oxidation sites excluding steroid dienone is 4. The minimum atomic E-state index is 0.528. The van der Waals surface area contributed by atoms with Gasteiger partial charge < -0.3 is 15.0 Å². The zero-order valence-electron chi connectivity index (χ0n) is 16.1. The van der Waals surface area contributed by atoms with Gasteiger partial charge in [0.2, 0.25) is 0 Å². The molecule has 0 amide bonds. The molecule has 0 heterocycles. The molecule has 134 valence electrons. The van der Waals surface area contributed by atoms with Crippen molar-refractivity contribution in [3.63, 3.8) is 0 Å². The normalized spacial score (nSPS) is 22.3. The highest BCUT2D eigenvalue weighted by molar-refractivity contribution is 5.22. The Labute approximate surface area is 144 Å². The van der Waals surface area contributed by atoms with Crippen molar-refractivity contribution in [3.8, 4) is 0 Å². The summed E-state index contributed by atoms with van der Waals surface area (Å²) < 4.78 is 5.80. The molecule has 3 heteroatoms. The van der Waals surface area contributed by atoms with E-state index in [0.29, 0.717) is 23.9 Å². The Hall–Kier alpha value is -0.800. The Balaban J connectivity index is 2.44. The maximum atomic E-state index is 5.80. The molecule has 1 aliphatic carbocycles. The second kappa shape index (κ2) is 10.9. The number of ether oxygens (including phenoxy) is 1. The van der Waals surface area contributed by atoms with Gasteiger partial charge in [0.05, 0.1) is 6.61 Å². The van der Waals surface area contributed by atoms with E-state index in [1.165, 1.54) is 12.1 Å². The lowest BCUT2D eigenvalue weighted by Crippen LogP contribution is -2.38. The Morgan fingerprint density at radius 3 is 2.61 bits per heavy atom. The van der Waals surface area contributed by atoms with Crippen molar-refractivity contribution in [2.45, 2.75) is 66.5 Å². The first-order chi connectivity index (χ1) is 11.0. The molecule has 0 radical (unpaired) electrons. The van der Waals surface area contributed by atoms with E-state index < -0.39 is 0 Å². The molecule has 3 unspecified atom stereocenters. The molecule has 3 atom stereocenters. The summed E-state index contributed by atoms with van der Waals surface area (Å²) in [5.74, 6) is 1.23. The van der Waals surface area contributed by atoms with Crippen LogP contribution >= 0.6 is 0 Å². The Morgan fingerprint density at radius 1 is 1.22 bits per heavy atom. The third kappa shape index (κ3) is 7.09. The lowest BCUT2D eigenvalue weighted by molar-refractivity contribution is 0.107. The summed E-state index contributed by atoms with van der Waals surface area (Å²) in [4.78, 5) is 2.60. The van der Waals surface area contributed by atoms with E-state index in [-0.39, 0.29) is 0 Å². The van der Waals surface area contributed by atoms with E-state index in [2.05, 4.69) is 70.0 Å². The molecular weight excluding hydrogens is 284 g/mol. The fraction of sp³-hybridized carbons (Fsp3) is 0.800. The van der Waals surface area contributed by atoms with Gasteiger partial charge in [-0.3, -0.25) is 0 Å². The summed E-state index contributed by atoms with van der Waals surface area (Å²) in [6.45, 7) is 17.3. The predicted octanol–water partition coefficient (Wildman–Crippen LogP) is 4.22. The van der Waals surface area contributed by atoms with Crippen LogP contribution in [-0.2, 0) is 4.74 Å². The zero-order chi connectivity index (χ0) is 17.2. The molecule has 0 aliphatic heterocycles. The van der Waals surface area contributed by atoms with Gasteiger partial charge in [0.1, 0.15) is 0 Å². The predicted molar refractivity (Wildman–Crippen MR) is 101 cm³/mol. The smallest absolute Gasteiger partial charge is 0.0591 e. The molecular formula is C20H38N2O. The van der Waals surface area contributed by atoms with Gasteiger partial charge in [-0.1, -0.05) is 46.8 Å². The standard InChI is InChI=1S/C20H38N2O/c1-7-13-22(20-10-8-9-17(4)19(20)6)18(5)11-14-23-15-12-21-16(2)3/h8-10,16-19,21H,7,11-15H2,1-6H3. The molecule has 0 fully saturated rings. The van der Waals surface area contributed by atoms with Crippen molar-refractivity contribution in [2.24, 2.45) is 11.8 Å². The third-order valence-electron chi connectivity index (χ3n) is 4.74. The molecule has 1 N–H and O–H groups in total. The van der Waals surface area contributed by atoms with Crippen molar-refractivity contribution < 1.29 is 4.74 Å². The van der Waals surface area contributed by atoms with Gasteiger partial charge in [0.25, 0.3) is 0 Å². The van der Waals surface area contributed by atoms with Crippen LogP contribution in [-0.4, -0.2) is 43.3 Å². The molecule has 0 aromatic heterocycles. The maximum absolute atomic E-state index is 5.80. The van der Waals surface area contributed by atoms with Crippen molar-refractivity contribution in [2.75, 3.05) is 26.3 Å². The van der Waals surface area contributed by atoms with Crippen LogP contribution in [0.15, 0.2) is 23.9 Å². The van der Waals surface area contributed by atoms with E-state index in [1.807, 2.05) is 0 Å². The molecule has 0 aromatic rings. The monoisotopic (exact) mass is 322 g/mol. The molecule has 0 spiro atoms. The fourth-order valence-electron chi connectivity index (χ4n) is 3.05. The van der Waals surface area contributed by atoms with Gasteiger partial charge in [-0.15, -0.1) is 0 Å².